The van der Waals surface area contributed by atoms with Crippen molar-refractivity contribution in [2.45, 2.75) is 42.9 Å². The molecule has 2 amide bonds. The molecule has 0 radical (unpaired) electrons. The molecule has 1 fully saturated rings. The monoisotopic (exact) mass is 597 g/mol. The maximum Gasteiger partial charge on any atom is 0.352 e. The van der Waals surface area contributed by atoms with Crippen molar-refractivity contribution in [3.05, 3.63) is 22.6 Å². The highest BCUT2D eigenvalue weighted by molar-refractivity contribution is 8.01. The Kier molecular flexibility index (Phi) is 8.50. The predicted octanol–water partition coefficient (Wildman–Crippen LogP) is -0.345. The number of hydrogen-bond donors (Lipinski definition) is 2. The third-order valence-corrected chi connectivity index (χ3v) is 7.95. The molecular weight excluding hydrogens is 574 g/mol. The van der Waals surface area contributed by atoms with Crippen LogP contribution in [0.1, 0.15) is 26.6 Å². The first-order chi connectivity index (χ1) is 18.5. The van der Waals surface area contributed by atoms with Crippen LogP contribution >= 0.6 is 35.1 Å². The number of aliphatic carboxylic acids is 1. The summed E-state index contributed by atoms with van der Waals surface area (Å²) in [5, 5.41) is 27.1. The first-order valence-electron chi connectivity index (χ1n) is 11.2. The van der Waals surface area contributed by atoms with E-state index < -0.39 is 47.4 Å². The molecule has 39 heavy (non-hydrogen) atoms. The lowest BCUT2D eigenvalue weighted by Gasteiger charge is -2.49. The minimum atomic E-state index is -1.26. The standard InChI is InChI=1S/C20H23N9O7S3/c1-20(2,3)36-10(30)5-35-24-11(14-21-8-39-25-14)15(31)22-12-16(32)29-13(18(33)34)9(6-37-17(12)29)7-38-19-23-26-27-28(19)4/h8,12,17H,5-7H2,1-4H3,(H,22,31)(H,33,34)/t12?,17-/m0/s1. The number of nitrogens with one attached hydrogen (secondary N) is 1. The van der Waals surface area contributed by atoms with Gasteiger partial charge in [0.05, 0.1) is 0 Å². The fourth-order valence-corrected chi connectivity index (χ4v) is 6.24. The van der Waals surface area contributed by atoms with Gasteiger partial charge in [0.2, 0.25) is 23.3 Å². The van der Waals surface area contributed by atoms with Gasteiger partial charge >= 0.3 is 11.9 Å². The molecule has 0 aromatic carbocycles. The number of ether oxygens (including phenoxy) is 1. The smallest absolute Gasteiger partial charge is 0.352 e. The molecule has 2 aromatic rings. The molecular formula is C20H23N9O7S3. The number of carboxylic acid groups (broad SMARTS) is 1. The van der Waals surface area contributed by atoms with Gasteiger partial charge in [0, 0.05) is 18.6 Å². The normalized spacial score (nSPS) is 19.3. The van der Waals surface area contributed by atoms with E-state index in [4.69, 9.17) is 9.57 Å². The maximum atomic E-state index is 13.1. The van der Waals surface area contributed by atoms with Crippen LogP contribution in [0.4, 0.5) is 0 Å². The van der Waals surface area contributed by atoms with Crippen LogP contribution in [-0.4, -0.2) is 104 Å². The second kappa shape index (κ2) is 11.7. The lowest BCUT2D eigenvalue weighted by Crippen LogP contribution is -2.71. The van der Waals surface area contributed by atoms with Gasteiger partial charge in [-0.05, 0) is 48.3 Å². The summed E-state index contributed by atoms with van der Waals surface area (Å²) in [5.41, 5.74) is 0.686. The Morgan fingerprint density at radius 3 is 2.72 bits per heavy atom. The van der Waals surface area contributed by atoms with Gasteiger partial charge in [0.25, 0.3) is 11.8 Å². The molecule has 4 rings (SSSR count). The molecule has 0 aliphatic carbocycles. The average Bonchev–Trinajstić information content (AvgIpc) is 3.53. The van der Waals surface area contributed by atoms with Crippen molar-refractivity contribution in [2.75, 3.05) is 18.1 Å². The largest absolute Gasteiger partial charge is 0.477 e. The average molecular weight is 598 g/mol. The summed E-state index contributed by atoms with van der Waals surface area (Å²) in [7, 11) is 1.66. The van der Waals surface area contributed by atoms with E-state index in [0.717, 1.165) is 16.4 Å². The number of aromatic nitrogens is 6. The molecule has 2 N–H and O–H groups in total. The Morgan fingerprint density at radius 2 is 2.10 bits per heavy atom. The Bertz CT molecular complexity index is 1340. The molecule has 208 valence electrons. The van der Waals surface area contributed by atoms with Gasteiger partial charge in [-0.3, -0.25) is 14.5 Å². The molecule has 19 heteroatoms. The van der Waals surface area contributed by atoms with Crippen molar-refractivity contribution in [3.8, 4) is 0 Å². The molecule has 16 nitrogen and oxygen atoms in total. The molecule has 0 saturated carbocycles. The highest BCUT2D eigenvalue weighted by Gasteiger charge is 2.54. The summed E-state index contributed by atoms with van der Waals surface area (Å²) >= 11 is 3.52. The summed E-state index contributed by atoms with van der Waals surface area (Å²) in [4.78, 5) is 60.2. The third kappa shape index (κ3) is 6.53. The van der Waals surface area contributed by atoms with Crippen LogP contribution in [-0.2, 0) is 35.8 Å². The van der Waals surface area contributed by atoms with Gasteiger partial charge in [-0.25, -0.2) is 19.3 Å². The van der Waals surface area contributed by atoms with Crippen LogP contribution in [0.15, 0.2) is 27.1 Å². The van der Waals surface area contributed by atoms with Crippen molar-refractivity contribution < 1.29 is 33.9 Å². The number of tetrazole rings is 1. The molecule has 1 unspecified atom stereocenters. The van der Waals surface area contributed by atoms with Crippen LogP contribution in [0.25, 0.3) is 0 Å². The fraction of sp³-hybridized carbons (Fsp3) is 0.500. The van der Waals surface area contributed by atoms with Crippen molar-refractivity contribution in [1.29, 1.82) is 0 Å². The number of fused-ring (bicyclic) bond motifs is 1. The van der Waals surface area contributed by atoms with Crippen molar-refractivity contribution >= 4 is 64.5 Å². The predicted molar refractivity (Wildman–Crippen MR) is 137 cm³/mol. The summed E-state index contributed by atoms with van der Waals surface area (Å²) < 4.78 is 10.6. The number of rotatable bonds is 10. The van der Waals surface area contributed by atoms with Crippen LogP contribution in [0.3, 0.4) is 0 Å². The summed E-state index contributed by atoms with van der Waals surface area (Å²) in [6.07, 6.45) is 0. The van der Waals surface area contributed by atoms with Gasteiger partial charge in [0.15, 0.2) is 0 Å². The molecule has 2 atom stereocenters. The van der Waals surface area contributed by atoms with E-state index in [9.17, 15) is 24.3 Å². The van der Waals surface area contributed by atoms with Crippen LogP contribution < -0.4 is 5.32 Å². The number of β-lactam (4-membered cyclic amide) rings is 1. The van der Waals surface area contributed by atoms with E-state index in [1.54, 1.807) is 27.8 Å². The van der Waals surface area contributed by atoms with Crippen LogP contribution in [0.5, 0.6) is 0 Å². The fourth-order valence-electron chi connectivity index (χ4n) is 3.48. The topological polar surface area (TPSA) is 204 Å². The molecule has 2 aliphatic rings. The second-order valence-corrected chi connectivity index (χ2v) is 11.7. The second-order valence-electron chi connectivity index (χ2n) is 9.05. The van der Waals surface area contributed by atoms with Gasteiger partial charge in [-0.2, -0.15) is 4.37 Å². The Morgan fingerprint density at radius 1 is 1.33 bits per heavy atom. The lowest BCUT2D eigenvalue weighted by molar-refractivity contribution is -0.160. The zero-order chi connectivity index (χ0) is 28.3. The van der Waals surface area contributed by atoms with E-state index in [-0.39, 0.29) is 23.0 Å². The number of carbonyl (C=O) groups is 4. The molecule has 0 spiro atoms. The minimum Gasteiger partial charge on any atom is -0.477 e. The first kappa shape index (κ1) is 28.4. The van der Waals surface area contributed by atoms with Crippen molar-refractivity contribution in [2.24, 2.45) is 12.2 Å². The maximum absolute atomic E-state index is 13.1. The zero-order valence-electron chi connectivity index (χ0n) is 21.1. The number of nitrogens with zero attached hydrogens (tertiary/aromatic N) is 8. The highest BCUT2D eigenvalue weighted by Crippen LogP contribution is 2.41. The van der Waals surface area contributed by atoms with E-state index >= 15 is 0 Å². The number of amides is 2. The number of oxime groups is 1. The summed E-state index contributed by atoms with van der Waals surface area (Å²) in [5.74, 6) is -2.86. The van der Waals surface area contributed by atoms with Gasteiger partial charge in [-0.15, -0.1) is 16.9 Å². The number of aryl methyl sites for hydroxylation is 1. The molecule has 1 saturated heterocycles. The minimum absolute atomic E-state index is 0.0645. The van der Waals surface area contributed by atoms with E-state index in [1.165, 1.54) is 33.7 Å². The number of esters is 1. The Labute approximate surface area is 233 Å². The number of thioether (sulfide) groups is 2. The quantitative estimate of drug-likeness (QED) is 0.118. The Balaban J connectivity index is 1.44. The lowest BCUT2D eigenvalue weighted by atomic mass is 10.0. The number of hydrogen-bond acceptors (Lipinski definition) is 15. The molecule has 4 heterocycles. The van der Waals surface area contributed by atoms with Gasteiger partial charge in [-0.1, -0.05) is 16.9 Å². The number of carbonyl (C=O) groups excluding carboxylic acids is 3. The SMILES string of the molecule is Cn1nnnc1SCC1=C(C(=O)O)N2C(=O)C(NC(=O)C(=NOCC(=O)OC(C)(C)C)c3ncsn3)[C@@H]2SC1. The van der Waals surface area contributed by atoms with Crippen molar-refractivity contribution in [1.82, 2.24) is 39.8 Å². The summed E-state index contributed by atoms with van der Waals surface area (Å²) in [6.45, 7) is 4.51. The van der Waals surface area contributed by atoms with Crippen molar-refractivity contribution in [3.63, 3.8) is 0 Å². The zero-order valence-corrected chi connectivity index (χ0v) is 23.5. The van der Waals surface area contributed by atoms with E-state index in [0.29, 0.717) is 16.5 Å². The number of carboxylic acids is 1. The van der Waals surface area contributed by atoms with Crippen LogP contribution in [0, 0.1) is 0 Å². The third-order valence-electron chi connectivity index (χ3n) is 5.04. The first-order valence-corrected chi connectivity index (χ1v) is 14.1. The van der Waals surface area contributed by atoms with Gasteiger partial charge in [0.1, 0.15) is 28.2 Å². The highest BCUT2D eigenvalue weighted by atomic mass is 32.2. The molecule has 2 aliphatic heterocycles. The van der Waals surface area contributed by atoms with E-state index in [1.807, 2.05) is 0 Å². The Hall–Kier alpha value is -3.58. The molecule has 2 aromatic heterocycles. The summed E-state index contributed by atoms with van der Waals surface area (Å²) in [6, 6.07) is -1.02. The van der Waals surface area contributed by atoms with E-state index in [2.05, 4.69) is 35.4 Å². The molecule has 0 bridgehead atoms. The van der Waals surface area contributed by atoms with Crippen LogP contribution in [0.2, 0.25) is 0 Å². The van der Waals surface area contributed by atoms with Gasteiger partial charge < -0.3 is 20.0 Å².